The summed E-state index contributed by atoms with van der Waals surface area (Å²) in [7, 11) is 1.57. The molecule has 0 saturated carbocycles. The van der Waals surface area contributed by atoms with Gasteiger partial charge in [0.05, 0.1) is 22.8 Å². The Morgan fingerprint density at radius 2 is 1.64 bits per heavy atom. The summed E-state index contributed by atoms with van der Waals surface area (Å²) in [4.78, 5) is 0. The molecule has 0 spiro atoms. The monoisotopic (exact) mass is 455 g/mol. The first-order valence-corrected chi connectivity index (χ1v) is 9.90. The smallest absolute Gasteiger partial charge is 0.180 e. The first kappa shape index (κ1) is 20.9. The lowest BCUT2D eigenvalue weighted by Gasteiger charge is -2.15. The minimum atomic E-state index is 0.239. The molecule has 3 nitrogen and oxygen atoms in total. The van der Waals surface area contributed by atoms with Crippen LogP contribution in [0, 0.1) is 0 Å². The number of hydrogen-bond acceptors (Lipinski definition) is 3. The maximum Gasteiger partial charge on any atom is 0.180 e. The third kappa shape index (κ3) is 5.18. The van der Waals surface area contributed by atoms with Crippen LogP contribution in [0.1, 0.15) is 11.1 Å². The van der Waals surface area contributed by atoms with Crippen molar-refractivity contribution in [3.63, 3.8) is 0 Å². The van der Waals surface area contributed by atoms with Gasteiger partial charge in [0, 0.05) is 22.2 Å². The molecule has 146 valence electrons. The maximum absolute atomic E-state index is 6.44. The topological polar surface area (TPSA) is 30.5 Å². The Bertz CT molecular complexity index is 979. The summed E-state index contributed by atoms with van der Waals surface area (Å²) in [5.41, 5.74) is 2.57. The molecule has 0 atom stereocenters. The van der Waals surface area contributed by atoms with Gasteiger partial charge in [-0.3, -0.25) is 0 Å². The van der Waals surface area contributed by atoms with E-state index in [1.807, 2.05) is 42.5 Å². The van der Waals surface area contributed by atoms with Gasteiger partial charge in [-0.15, -0.1) is 0 Å². The quantitative estimate of drug-likeness (QED) is 0.399. The van der Waals surface area contributed by atoms with Crippen molar-refractivity contribution in [3.8, 4) is 11.5 Å². The lowest BCUT2D eigenvalue weighted by molar-refractivity contribution is 0.284. The molecule has 28 heavy (non-hydrogen) atoms. The molecule has 0 unspecified atom stereocenters. The number of rotatable bonds is 7. The zero-order chi connectivity index (χ0) is 20.1. The summed E-state index contributed by atoms with van der Waals surface area (Å²) in [6.45, 7) is 0.770. The first-order valence-electron chi connectivity index (χ1n) is 8.39. The van der Waals surface area contributed by atoms with Crippen molar-refractivity contribution in [2.45, 2.75) is 13.2 Å². The van der Waals surface area contributed by atoms with Gasteiger partial charge in [0.25, 0.3) is 0 Å². The number of para-hydroxylation sites is 1. The van der Waals surface area contributed by atoms with Gasteiger partial charge in [0.2, 0.25) is 0 Å². The molecule has 0 radical (unpaired) electrons. The minimum Gasteiger partial charge on any atom is -0.493 e. The van der Waals surface area contributed by atoms with Gasteiger partial charge in [-0.25, -0.2) is 0 Å². The second-order valence-electron chi connectivity index (χ2n) is 5.97. The zero-order valence-corrected chi connectivity index (χ0v) is 18.0. The average Bonchev–Trinajstić information content (AvgIpc) is 2.67. The molecule has 0 aliphatic rings. The lowest BCUT2D eigenvalue weighted by Crippen LogP contribution is -2.03. The molecular formula is C21H17Cl4NO2. The number of anilines is 1. The fourth-order valence-corrected chi connectivity index (χ4v) is 3.56. The van der Waals surface area contributed by atoms with E-state index in [9.17, 15) is 0 Å². The molecule has 0 bridgehead atoms. The molecule has 0 aromatic heterocycles. The van der Waals surface area contributed by atoms with E-state index in [1.165, 1.54) is 0 Å². The van der Waals surface area contributed by atoms with Crippen molar-refractivity contribution in [3.05, 3.63) is 85.8 Å². The van der Waals surface area contributed by atoms with Crippen LogP contribution in [0.15, 0.2) is 54.6 Å². The van der Waals surface area contributed by atoms with E-state index < -0.39 is 0 Å². The van der Waals surface area contributed by atoms with Gasteiger partial charge in [-0.05, 0) is 42.0 Å². The predicted molar refractivity (Wildman–Crippen MR) is 118 cm³/mol. The number of hydrogen-bond donors (Lipinski definition) is 1. The van der Waals surface area contributed by atoms with E-state index in [1.54, 1.807) is 19.2 Å². The highest BCUT2D eigenvalue weighted by atomic mass is 35.5. The lowest BCUT2D eigenvalue weighted by atomic mass is 10.2. The van der Waals surface area contributed by atoms with Crippen LogP contribution in [0.2, 0.25) is 20.1 Å². The summed E-state index contributed by atoms with van der Waals surface area (Å²) >= 11 is 24.7. The minimum absolute atomic E-state index is 0.239. The van der Waals surface area contributed by atoms with Gasteiger partial charge in [-0.2, -0.15) is 0 Å². The Labute approximate surface area is 184 Å². The van der Waals surface area contributed by atoms with Gasteiger partial charge < -0.3 is 14.8 Å². The van der Waals surface area contributed by atoms with E-state index in [2.05, 4.69) is 5.32 Å². The Morgan fingerprint density at radius 3 is 2.36 bits per heavy atom. The van der Waals surface area contributed by atoms with E-state index in [4.69, 9.17) is 55.9 Å². The summed E-state index contributed by atoms with van der Waals surface area (Å²) < 4.78 is 11.3. The third-order valence-electron chi connectivity index (χ3n) is 4.03. The van der Waals surface area contributed by atoms with Crippen molar-refractivity contribution in [2.75, 3.05) is 12.4 Å². The van der Waals surface area contributed by atoms with E-state index in [0.717, 1.165) is 16.8 Å². The molecule has 0 aliphatic heterocycles. The van der Waals surface area contributed by atoms with Crippen molar-refractivity contribution < 1.29 is 9.47 Å². The number of halogens is 4. The number of benzene rings is 3. The Balaban J connectivity index is 1.75. The first-order chi connectivity index (χ1) is 13.5. The van der Waals surface area contributed by atoms with Crippen molar-refractivity contribution in [2.24, 2.45) is 0 Å². The van der Waals surface area contributed by atoms with Crippen molar-refractivity contribution in [1.82, 2.24) is 0 Å². The molecule has 7 heteroatoms. The molecule has 3 aromatic rings. The number of nitrogens with one attached hydrogen (secondary N) is 1. The highest BCUT2D eigenvalue weighted by Gasteiger charge is 2.13. The average molecular weight is 457 g/mol. The molecule has 3 rings (SSSR count). The molecular weight excluding hydrogens is 440 g/mol. The molecule has 0 aliphatic carbocycles. The number of methoxy groups -OCH3 is 1. The second kappa shape index (κ2) is 9.62. The fraction of sp³-hybridized carbons (Fsp3) is 0.143. The van der Waals surface area contributed by atoms with Gasteiger partial charge >= 0.3 is 0 Å². The third-order valence-corrected chi connectivity index (χ3v) is 5.23. The van der Waals surface area contributed by atoms with Crippen LogP contribution in [0.4, 0.5) is 5.69 Å². The van der Waals surface area contributed by atoms with Crippen LogP contribution in [0.25, 0.3) is 0 Å². The van der Waals surface area contributed by atoms with Crippen LogP contribution in [0.3, 0.4) is 0 Å². The largest absolute Gasteiger partial charge is 0.493 e. The van der Waals surface area contributed by atoms with Gasteiger partial charge in [0.15, 0.2) is 11.5 Å². The molecule has 1 N–H and O–H groups in total. The van der Waals surface area contributed by atoms with Crippen LogP contribution in [0.5, 0.6) is 11.5 Å². The summed E-state index contributed by atoms with van der Waals surface area (Å²) in [6.07, 6.45) is 0. The summed E-state index contributed by atoms with van der Waals surface area (Å²) in [5, 5.41) is 5.48. The fourth-order valence-electron chi connectivity index (χ4n) is 2.61. The summed E-state index contributed by atoms with van der Waals surface area (Å²) in [5.74, 6) is 0.991. The predicted octanol–water partition coefficient (Wildman–Crippen LogP) is 7.50. The Morgan fingerprint density at radius 1 is 0.857 bits per heavy atom. The van der Waals surface area contributed by atoms with Crippen molar-refractivity contribution >= 4 is 52.1 Å². The highest BCUT2D eigenvalue weighted by molar-refractivity contribution is 6.35. The molecule has 0 saturated heterocycles. The summed E-state index contributed by atoms with van der Waals surface area (Å²) in [6, 6.07) is 16.5. The molecule has 0 fully saturated rings. The maximum atomic E-state index is 6.44. The number of ether oxygens (including phenoxy) is 2. The molecule has 3 aromatic carbocycles. The normalized spacial score (nSPS) is 10.6. The Kier molecular flexibility index (Phi) is 7.19. The van der Waals surface area contributed by atoms with Crippen LogP contribution < -0.4 is 14.8 Å². The second-order valence-corrected chi connectivity index (χ2v) is 7.62. The van der Waals surface area contributed by atoms with Crippen LogP contribution in [-0.2, 0) is 13.2 Å². The van der Waals surface area contributed by atoms with E-state index in [0.29, 0.717) is 38.1 Å². The highest BCUT2D eigenvalue weighted by Crippen LogP contribution is 2.37. The zero-order valence-electron chi connectivity index (χ0n) is 14.9. The van der Waals surface area contributed by atoms with Gasteiger partial charge in [-0.1, -0.05) is 64.6 Å². The Hall–Kier alpha value is -1.78. The van der Waals surface area contributed by atoms with Gasteiger partial charge in [0.1, 0.15) is 6.61 Å². The van der Waals surface area contributed by atoms with Crippen molar-refractivity contribution in [1.29, 1.82) is 0 Å². The SMILES string of the molecule is COc1cc(CNc2ccccc2Cl)cc(Cl)c1OCc1ccc(Cl)cc1Cl. The molecule has 0 amide bonds. The van der Waals surface area contributed by atoms with Crippen LogP contribution >= 0.6 is 46.4 Å². The molecule has 0 heterocycles. The van der Waals surface area contributed by atoms with E-state index in [-0.39, 0.29) is 6.61 Å². The van der Waals surface area contributed by atoms with Crippen LogP contribution in [-0.4, -0.2) is 7.11 Å². The standard InChI is InChI=1S/C21H17Cl4NO2/c1-27-20-9-13(11-26-19-5-3-2-4-16(19)23)8-18(25)21(20)28-12-14-6-7-15(22)10-17(14)24/h2-10,26H,11-12H2,1H3. The van der Waals surface area contributed by atoms with E-state index >= 15 is 0 Å².